The Kier molecular flexibility index (Phi) is 34.4. The summed E-state index contributed by atoms with van der Waals surface area (Å²) in [5.41, 5.74) is 0. The van der Waals surface area contributed by atoms with Gasteiger partial charge in [0.05, 0.1) is 13.2 Å². The van der Waals surface area contributed by atoms with Crippen LogP contribution in [0.1, 0.15) is 168 Å². The summed E-state index contributed by atoms with van der Waals surface area (Å²) < 4.78 is 32.5. The second-order valence-electron chi connectivity index (χ2n) is 12.6. The molecule has 49 heavy (non-hydrogen) atoms. The van der Waals surface area contributed by atoms with E-state index >= 15 is 0 Å². The minimum absolute atomic E-state index is 0.00601. The second-order valence-corrected chi connectivity index (χ2v) is 14.0. The fraction of sp³-hybridized carbons (Fsp3) is 0.750. The average Bonchev–Trinajstić information content (AvgIpc) is 3.07. The first-order valence-corrected chi connectivity index (χ1v) is 20.9. The maximum absolute atomic E-state index is 12.5. The Hall–Kier alpha value is -1.99. The highest BCUT2D eigenvalue weighted by atomic mass is 31.2. The molecule has 0 saturated carbocycles. The molecule has 0 saturated heterocycles. The minimum atomic E-state index is -4.28. The van der Waals surface area contributed by atoms with Gasteiger partial charge in [-0.3, -0.25) is 18.6 Å². The zero-order valence-electron chi connectivity index (χ0n) is 31.3. The molecule has 0 fully saturated rings. The van der Waals surface area contributed by atoms with Crippen LogP contribution in [-0.4, -0.2) is 42.8 Å². The Balaban J connectivity index is 4.19. The molecule has 0 heterocycles. The molecular weight excluding hydrogens is 639 g/mol. The van der Waals surface area contributed by atoms with Crippen LogP contribution in [0.15, 0.2) is 48.6 Å². The van der Waals surface area contributed by atoms with Crippen molar-refractivity contribution in [3.05, 3.63) is 48.6 Å². The van der Waals surface area contributed by atoms with Crippen molar-refractivity contribution in [2.24, 2.45) is 0 Å². The van der Waals surface area contributed by atoms with E-state index in [0.717, 1.165) is 89.9 Å². The Morgan fingerprint density at radius 2 is 1.04 bits per heavy atom. The van der Waals surface area contributed by atoms with Crippen LogP contribution in [0.25, 0.3) is 0 Å². The van der Waals surface area contributed by atoms with Crippen LogP contribution in [-0.2, 0) is 32.7 Å². The molecule has 0 aliphatic carbocycles. The van der Waals surface area contributed by atoms with E-state index in [-0.39, 0.29) is 32.0 Å². The lowest BCUT2D eigenvalue weighted by Crippen LogP contribution is -2.29. The maximum Gasteiger partial charge on any atom is 0.472 e. The Morgan fingerprint density at radius 3 is 1.59 bits per heavy atom. The van der Waals surface area contributed by atoms with Crippen molar-refractivity contribution >= 4 is 19.8 Å². The zero-order chi connectivity index (χ0) is 36.1. The molecule has 0 aromatic rings. The summed E-state index contributed by atoms with van der Waals surface area (Å²) >= 11 is 0. The lowest BCUT2D eigenvalue weighted by molar-refractivity contribution is -0.161. The third-order valence-electron chi connectivity index (χ3n) is 7.87. The Labute approximate surface area is 299 Å². The smallest absolute Gasteiger partial charge is 0.462 e. The molecule has 9 heteroatoms. The predicted molar refractivity (Wildman–Crippen MR) is 202 cm³/mol. The van der Waals surface area contributed by atoms with Crippen molar-refractivity contribution in [3.8, 4) is 0 Å². The zero-order valence-corrected chi connectivity index (χ0v) is 32.2. The van der Waals surface area contributed by atoms with Gasteiger partial charge in [0.2, 0.25) is 0 Å². The normalized spacial score (nSPS) is 14.0. The summed E-state index contributed by atoms with van der Waals surface area (Å²) in [6, 6.07) is 0. The van der Waals surface area contributed by atoms with Crippen LogP contribution in [0.3, 0.4) is 0 Å². The highest BCUT2D eigenvalue weighted by Crippen LogP contribution is 2.43. The number of allylic oxidation sites excluding steroid dienone is 8. The van der Waals surface area contributed by atoms with Gasteiger partial charge in [-0.05, 0) is 77.6 Å². The topological polar surface area (TPSA) is 108 Å². The molecule has 0 radical (unpaired) electrons. The van der Waals surface area contributed by atoms with Gasteiger partial charge in [-0.25, -0.2) is 4.57 Å². The molecule has 0 spiro atoms. The third-order valence-corrected chi connectivity index (χ3v) is 8.93. The van der Waals surface area contributed by atoms with Gasteiger partial charge in [-0.2, -0.15) is 0 Å². The van der Waals surface area contributed by atoms with Gasteiger partial charge >= 0.3 is 19.8 Å². The second kappa shape index (κ2) is 35.8. The third kappa shape index (κ3) is 35.6. The van der Waals surface area contributed by atoms with Gasteiger partial charge in [-0.1, -0.05) is 127 Å². The molecule has 0 bridgehead atoms. The average molecular weight is 711 g/mol. The van der Waals surface area contributed by atoms with Crippen molar-refractivity contribution in [2.45, 2.75) is 175 Å². The van der Waals surface area contributed by atoms with Gasteiger partial charge in [0.25, 0.3) is 0 Å². The van der Waals surface area contributed by atoms with Crippen molar-refractivity contribution in [1.82, 2.24) is 0 Å². The van der Waals surface area contributed by atoms with Crippen LogP contribution in [0.2, 0.25) is 0 Å². The molecule has 2 atom stereocenters. The van der Waals surface area contributed by atoms with E-state index in [1.807, 2.05) is 0 Å². The molecular formula is C40H71O8P. The fourth-order valence-corrected chi connectivity index (χ4v) is 5.80. The van der Waals surface area contributed by atoms with Crippen LogP contribution < -0.4 is 0 Å². The first-order valence-electron chi connectivity index (χ1n) is 19.4. The van der Waals surface area contributed by atoms with Crippen molar-refractivity contribution in [3.63, 3.8) is 0 Å². The molecule has 8 nitrogen and oxygen atoms in total. The highest BCUT2D eigenvalue weighted by Gasteiger charge is 2.25. The van der Waals surface area contributed by atoms with Crippen molar-refractivity contribution < 1.29 is 37.6 Å². The van der Waals surface area contributed by atoms with E-state index in [4.69, 9.17) is 18.5 Å². The number of rotatable bonds is 35. The van der Waals surface area contributed by atoms with Crippen molar-refractivity contribution in [1.29, 1.82) is 0 Å². The maximum atomic E-state index is 12.5. The number of phosphoric acid groups is 1. The Bertz CT molecular complexity index is 943. The molecule has 0 aliphatic rings. The highest BCUT2D eigenvalue weighted by molar-refractivity contribution is 7.47. The van der Waals surface area contributed by atoms with Crippen LogP contribution in [0, 0.1) is 0 Å². The molecule has 1 N–H and O–H groups in total. The van der Waals surface area contributed by atoms with E-state index in [2.05, 4.69) is 62.5 Å². The molecule has 0 amide bonds. The number of phosphoric ester groups is 1. The number of unbranched alkanes of at least 4 members (excludes halogenated alkanes) is 15. The SMILES string of the molecule is CC/C=C\C/C=C\C/C=C\CCCCCCCC(=O)OC(COC(=O)CCCCCCC/C=C\CCCCCCC)COP(=O)(O)OCC. The monoisotopic (exact) mass is 710 g/mol. The van der Waals surface area contributed by atoms with E-state index in [1.54, 1.807) is 6.92 Å². The lowest BCUT2D eigenvalue weighted by Gasteiger charge is -2.19. The molecule has 0 aromatic heterocycles. The van der Waals surface area contributed by atoms with Crippen LogP contribution >= 0.6 is 7.82 Å². The van der Waals surface area contributed by atoms with Gasteiger partial charge < -0.3 is 14.4 Å². The summed E-state index contributed by atoms with van der Waals surface area (Å²) in [4.78, 5) is 34.6. The van der Waals surface area contributed by atoms with Gasteiger partial charge in [0, 0.05) is 12.8 Å². The Morgan fingerprint density at radius 1 is 0.571 bits per heavy atom. The van der Waals surface area contributed by atoms with E-state index in [9.17, 15) is 19.0 Å². The van der Waals surface area contributed by atoms with Gasteiger partial charge in [-0.15, -0.1) is 0 Å². The van der Waals surface area contributed by atoms with Gasteiger partial charge in [0.15, 0.2) is 6.10 Å². The minimum Gasteiger partial charge on any atom is -0.462 e. The standard InChI is InChI=1S/C40H71O8P/c1-4-7-9-11-13-15-17-19-21-23-25-27-29-31-33-35-40(42)48-38(37-47-49(43,44)46-6-3)36-45-39(41)34-32-30-28-26-24-22-20-18-16-14-12-10-8-5-2/h7,9,13,15,18-21,38H,4-6,8,10-12,14,16-17,22-37H2,1-3H3,(H,43,44)/b9-7-,15-13-,20-18-,21-19-. The molecule has 2 unspecified atom stereocenters. The van der Waals surface area contributed by atoms with Crippen LogP contribution in [0.5, 0.6) is 0 Å². The summed E-state index contributed by atoms with van der Waals surface area (Å²) in [6.45, 7) is 5.30. The number of hydrogen-bond acceptors (Lipinski definition) is 7. The van der Waals surface area contributed by atoms with Crippen LogP contribution in [0.4, 0.5) is 0 Å². The summed E-state index contributed by atoms with van der Waals surface area (Å²) in [6.07, 6.45) is 40.2. The fourth-order valence-electron chi connectivity index (χ4n) is 5.05. The van der Waals surface area contributed by atoms with Crippen molar-refractivity contribution in [2.75, 3.05) is 19.8 Å². The van der Waals surface area contributed by atoms with E-state index in [0.29, 0.717) is 6.42 Å². The molecule has 0 aliphatic heterocycles. The molecule has 284 valence electrons. The summed E-state index contributed by atoms with van der Waals surface area (Å²) in [7, 11) is -4.28. The number of esters is 2. The first kappa shape index (κ1) is 47.0. The first-order chi connectivity index (χ1) is 23.8. The largest absolute Gasteiger partial charge is 0.472 e. The number of carbonyl (C=O) groups excluding carboxylic acids is 2. The van der Waals surface area contributed by atoms with E-state index < -0.39 is 26.5 Å². The quantitative estimate of drug-likeness (QED) is 0.0300. The number of ether oxygens (including phenoxy) is 2. The number of hydrogen-bond donors (Lipinski definition) is 1. The summed E-state index contributed by atoms with van der Waals surface area (Å²) in [5.74, 6) is -0.831. The molecule has 0 aromatic carbocycles. The number of carbonyl (C=O) groups is 2. The summed E-state index contributed by atoms with van der Waals surface area (Å²) in [5, 5.41) is 0. The molecule has 0 rings (SSSR count). The van der Waals surface area contributed by atoms with E-state index in [1.165, 1.54) is 38.5 Å². The van der Waals surface area contributed by atoms with Gasteiger partial charge in [0.1, 0.15) is 6.61 Å². The predicted octanol–water partition coefficient (Wildman–Crippen LogP) is 11.8. The lowest BCUT2D eigenvalue weighted by atomic mass is 10.1.